The van der Waals surface area contributed by atoms with E-state index in [1.54, 1.807) is 11.6 Å². The van der Waals surface area contributed by atoms with Crippen LogP contribution in [0.2, 0.25) is 0 Å². The summed E-state index contributed by atoms with van der Waals surface area (Å²) in [6, 6.07) is 18.6. The highest BCUT2D eigenvalue weighted by Crippen LogP contribution is 2.27. The van der Waals surface area contributed by atoms with E-state index in [4.69, 9.17) is 0 Å². The number of nitro groups is 1. The first-order chi connectivity index (χ1) is 15.9. The van der Waals surface area contributed by atoms with E-state index in [2.05, 4.69) is 21.0 Å². The van der Waals surface area contributed by atoms with Crippen LogP contribution < -0.4 is 10.9 Å². The van der Waals surface area contributed by atoms with Gasteiger partial charge in [-0.05, 0) is 19.1 Å². The second kappa shape index (κ2) is 9.14. The highest BCUT2D eigenvalue weighted by molar-refractivity contribution is 6.02. The number of hydrazine groups is 1. The minimum atomic E-state index is -0.610. The van der Waals surface area contributed by atoms with Gasteiger partial charge in [-0.15, -0.1) is 0 Å². The zero-order valence-corrected chi connectivity index (χ0v) is 17.5. The lowest BCUT2D eigenvalue weighted by Crippen LogP contribution is -2.43. The molecule has 2 aromatic heterocycles. The fourth-order valence-electron chi connectivity index (χ4n) is 3.30. The van der Waals surface area contributed by atoms with Crippen LogP contribution in [0, 0.1) is 17.0 Å². The van der Waals surface area contributed by atoms with Gasteiger partial charge in [-0.2, -0.15) is 10.2 Å². The number of carbonyl (C=O) groups is 2. The minimum absolute atomic E-state index is 0.233. The fourth-order valence-corrected chi connectivity index (χ4v) is 3.30. The summed E-state index contributed by atoms with van der Waals surface area (Å²) in [5, 5.41) is 19.2. The molecule has 0 aliphatic rings. The zero-order chi connectivity index (χ0) is 23.4. The zero-order valence-electron chi connectivity index (χ0n) is 17.5. The minimum Gasteiger partial charge on any atom is -0.271 e. The number of hydrogen-bond donors (Lipinski definition) is 2. The predicted octanol–water partition coefficient (Wildman–Crippen LogP) is 2.41. The van der Waals surface area contributed by atoms with Gasteiger partial charge in [0.05, 0.1) is 21.9 Å². The van der Waals surface area contributed by atoms with Gasteiger partial charge < -0.3 is 0 Å². The Labute approximate surface area is 187 Å². The van der Waals surface area contributed by atoms with Gasteiger partial charge in [-0.25, -0.2) is 4.68 Å². The molecule has 11 nitrogen and oxygen atoms in total. The van der Waals surface area contributed by atoms with E-state index < -0.39 is 16.7 Å². The standard InChI is InChI=1S/C22H19N7O4/c1-15-20(22(31)25-24-19(30)14-27-13-18(12-23-27)29(32)33)21(16-8-4-2-5-9-16)26-28(15)17-10-6-3-7-11-17/h2-13H,14H2,1H3,(H,24,30)(H,25,31). The van der Waals surface area contributed by atoms with Gasteiger partial charge >= 0.3 is 5.69 Å². The Balaban J connectivity index is 1.56. The molecule has 0 aliphatic heterocycles. The predicted molar refractivity (Wildman–Crippen MR) is 118 cm³/mol. The quantitative estimate of drug-likeness (QED) is 0.345. The van der Waals surface area contributed by atoms with Crippen molar-refractivity contribution in [3.8, 4) is 16.9 Å². The first-order valence-corrected chi connectivity index (χ1v) is 9.90. The summed E-state index contributed by atoms with van der Waals surface area (Å²) in [7, 11) is 0. The van der Waals surface area contributed by atoms with E-state index in [0.717, 1.165) is 28.3 Å². The summed E-state index contributed by atoms with van der Waals surface area (Å²) in [6.07, 6.45) is 2.17. The highest BCUT2D eigenvalue weighted by Gasteiger charge is 2.23. The third-order valence-electron chi connectivity index (χ3n) is 4.84. The van der Waals surface area contributed by atoms with Crippen molar-refractivity contribution in [3.63, 3.8) is 0 Å². The van der Waals surface area contributed by atoms with Gasteiger partial charge in [0.15, 0.2) is 0 Å². The molecule has 166 valence electrons. The van der Waals surface area contributed by atoms with Gasteiger partial charge in [0.2, 0.25) is 0 Å². The molecule has 0 aliphatic carbocycles. The topological polar surface area (TPSA) is 137 Å². The van der Waals surface area contributed by atoms with Crippen molar-refractivity contribution in [2.75, 3.05) is 0 Å². The Morgan fingerprint density at radius 1 is 1.03 bits per heavy atom. The highest BCUT2D eigenvalue weighted by atomic mass is 16.6. The largest absolute Gasteiger partial charge is 0.307 e. The third kappa shape index (κ3) is 4.61. The van der Waals surface area contributed by atoms with E-state index in [0.29, 0.717) is 17.0 Å². The van der Waals surface area contributed by atoms with Gasteiger partial charge in [-0.3, -0.25) is 35.2 Å². The maximum atomic E-state index is 13.1. The lowest BCUT2D eigenvalue weighted by molar-refractivity contribution is -0.385. The molecule has 0 radical (unpaired) electrons. The van der Waals surface area contributed by atoms with Crippen molar-refractivity contribution in [2.45, 2.75) is 13.5 Å². The molecular formula is C22H19N7O4. The van der Waals surface area contributed by atoms with Crippen LogP contribution in [0.25, 0.3) is 16.9 Å². The number of rotatable bonds is 6. The normalized spacial score (nSPS) is 10.6. The van der Waals surface area contributed by atoms with Crippen LogP contribution in [-0.4, -0.2) is 36.3 Å². The Bertz CT molecular complexity index is 1310. The summed E-state index contributed by atoms with van der Waals surface area (Å²) in [6.45, 7) is 1.47. The molecule has 0 atom stereocenters. The van der Waals surface area contributed by atoms with Gasteiger partial charge in [0.1, 0.15) is 24.6 Å². The molecule has 11 heteroatoms. The van der Waals surface area contributed by atoms with Crippen LogP contribution in [0.4, 0.5) is 5.69 Å². The lowest BCUT2D eigenvalue weighted by atomic mass is 10.1. The van der Waals surface area contributed by atoms with E-state index in [1.807, 2.05) is 60.7 Å². The summed E-state index contributed by atoms with van der Waals surface area (Å²) >= 11 is 0. The molecular weight excluding hydrogens is 426 g/mol. The average molecular weight is 445 g/mol. The van der Waals surface area contributed by atoms with Crippen LogP contribution >= 0.6 is 0 Å². The van der Waals surface area contributed by atoms with E-state index in [1.165, 1.54) is 0 Å². The fraction of sp³-hybridized carbons (Fsp3) is 0.0909. The first-order valence-electron chi connectivity index (χ1n) is 9.90. The van der Waals surface area contributed by atoms with Crippen molar-refractivity contribution in [1.29, 1.82) is 0 Å². The molecule has 0 unspecified atom stereocenters. The summed E-state index contributed by atoms with van der Waals surface area (Å²) in [5.41, 5.74) is 7.38. The molecule has 0 spiro atoms. The van der Waals surface area contributed by atoms with Gasteiger partial charge in [-0.1, -0.05) is 48.5 Å². The van der Waals surface area contributed by atoms with E-state index >= 15 is 0 Å². The number of hydrogen-bond acceptors (Lipinski definition) is 6. The molecule has 2 N–H and O–H groups in total. The number of para-hydroxylation sites is 1. The molecule has 2 aromatic carbocycles. The summed E-state index contributed by atoms with van der Waals surface area (Å²) < 4.78 is 2.77. The second-order valence-corrected chi connectivity index (χ2v) is 7.08. The number of nitrogens with one attached hydrogen (secondary N) is 2. The summed E-state index contributed by atoms with van der Waals surface area (Å²) in [4.78, 5) is 35.4. The molecule has 0 saturated carbocycles. The van der Waals surface area contributed by atoms with Crippen molar-refractivity contribution in [2.24, 2.45) is 0 Å². The monoisotopic (exact) mass is 445 g/mol. The van der Waals surface area contributed by atoms with Gasteiger partial charge in [0, 0.05) is 5.56 Å². The molecule has 0 saturated heterocycles. The lowest BCUT2D eigenvalue weighted by Gasteiger charge is -2.09. The second-order valence-electron chi connectivity index (χ2n) is 7.08. The SMILES string of the molecule is Cc1c(C(=O)NNC(=O)Cn2cc([N+](=O)[O-])cn2)c(-c2ccccc2)nn1-c1ccccc1. The van der Waals surface area contributed by atoms with Crippen molar-refractivity contribution < 1.29 is 14.5 Å². The van der Waals surface area contributed by atoms with Crippen LogP contribution in [-0.2, 0) is 11.3 Å². The molecule has 2 heterocycles. The molecule has 0 fully saturated rings. The van der Waals surface area contributed by atoms with Crippen LogP contribution in [0.1, 0.15) is 16.1 Å². The molecule has 33 heavy (non-hydrogen) atoms. The van der Waals surface area contributed by atoms with Crippen molar-refractivity contribution in [1.82, 2.24) is 30.4 Å². The molecule has 2 amide bonds. The smallest absolute Gasteiger partial charge is 0.271 e. The van der Waals surface area contributed by atoms with Gasteiger partial charge in [0.25, 0.3) is 11.8 Å². The Morgan fingerprint density at radius 2 is 1.70 bits per heavy atom. The number of carbonyl (C=O) groups excluding carboxylic acids is 2. The van der Waals surface area contributed by atoms with Crippen LogP contribution in [0.15, 0.2) is 73.1 Å². The third-order valence-corrected chi connectivity index (χ3v) is 4.84. The number of aromatic nitrogens is 4. The number of benzene rings is 2. The number of amides is 2. The number of nitrogens with zero attached hydrogens (tertiary/aromatic N) is 5. The van der Waals surface area contributed by atoms with Crippen LogP contribution in [0.3, 0.4) is 0 Å². The summed E-state index contributed by atoms with van der Waals surface area (Å²) in [5.74, 6) is -1.15. The van der Waals surface area contributed by atoms with Crippen LogP contribution in [0.5, 0.6) is 0 Å². The Morgan fingerprint density at radius 3 is 2.33 bits per heavy atom. The first kappa shape index (κ1) is 21.4. The Kier molecular flexibility index (Phi) is 5.94. The average Bonchev–Trinajstić information content (AvgIpc) is 3.43. The van der Waals surface area contributed by atoms with E-state index in [9.17, 15) is 19.7 Å². The van der Waals surface area contributed by atoms with E-state index in [-0.39, 0.29) is 12.2 Å². The molecule has 4 rings (SSSR count). The van der Waals surface area contributed by atoms with Crippen molar-refractivity contribution in [3.05, 3.63) is 94.4 Å². The maximum absolute atomic E-state index is 13.1. The molecule has 4 aromatic rings. The Hall–Kier alpha value is -4.80. The molecule has 0 bridgehead atoms. The van der Waals surface area contributed by atoms with Crippen molar-refractivity contribution >= 4 is 17.5 Å². The maximum Gasteiger partial charge on any atom is 0.307 e.